The Morgan fingerprint density at radius 1 is 1.18 bits per heavy atom. The second kappa shape index (κ2) is 5.75. The number of non-ortho nitro benzene ring substituents is 1. The first-order chi connectivity index (χ1) is 10.5. The fourth-order valence-electron chi connectivity index (χ4n) is 2.02. The Kier molecular flexibility index (Phi) is 3.79. The topological polar surface area (TPSA) is 72.2 Å². The summed E-state index contributed by atoms with van der Waals surface area (Å²) >= 11 is 7.39. The van der Waals surface area contributed by atoms with Crippen molar-refractivity contribution < 1.29 is 9.72 Å². The third-order valence-electron chi connectivity index (χ3n) is 3.07. The molecule has 1 amide bonds. The van der Waals surface area contributed by atoms with Crippen molar-refractivity contribution in [1.82, 2.24) is 0 Å². The quantitative estimate of drug-likeness (QED) is 0.557. The zero-order valence-electron chi connectivity index (χ0n) is 11.1. The van der Waals surface area contributed by atoms with E-state index in [1.165, 1.54) is 29.5 Å². The number of halogens is 1. The van der Waals surface area contributed by atoms with Crippen LogP contribution in [-0.4, -0.2) is 10.8 Å². The molecular weight excluding hydrogens is 324 g/mol. The van der Waals surface area contributed by atoms with Crippen LogP contribution in [0.4, 0.5) is 10.7 Å². The zero-order chi connectivity index (χ0) is 15.7. The van der Waals surface area contributed by atoms with E-state index in [9.17, 15) is 14.9 Å². The van der Waals surface area contributed by atoms with Crippen LogP contribution >= 0.6 is 22.9 Å². The Balaban J connectivity index is 1.91. The van der Waals surface area contributed by atoms with Gasteiger partial charge >= 0.3 is 0 Å². The monoisotopic (exact) mass is 332 g/mol. The molecular formula is C15H9ClN2O3S. The molecule has 0 radical (unpaired) electrons. The average Bonchev–Trinajstić information content (AvgIpc) is 2.89. The Morgan fingerprint density at radius 3 is 2.68 bits per heavy atom. The first kappa shape index (κ1) is 14.5. The van der Waals surface area contributed by atoms with Crippen LogP contribution in [0.3, 0.4) is 0 Å². The van der Waals surface area contributed by atoms with Crippen molar-refractivity contribution in [2.24, 2.45) is 0 Å². The van der Waals surface area contributed by atoms with Crippen LogP contribution in [0.1, 0.15) is 10.4 Å². The zero-order valence-corrected chi connectivity index (χ0v) is 12.6. The van der Waals surface area contributed by atoms with Crippen molar-refractivity contribution in [1.29, 1.82) is 0 Å². The molecule has 0 saturated carbocycles. The molecule has 5 nitrogen and oxygen atoms in total. The molecule has 110 valence electrons. The standard InChI is InChI=1S/C15H9ClN2O3S/c16-12-6-5-10(18(20)21)8-11(12)15(19)17-14-7-9-3-1-2-4-13(9)22-14/h1-8H,(H,17,19). The van der Waals surface area contributed by atoms with Gasteiger partial charge in [0.2, 0.25) is 0 Å². The lowest BCUT2D eigenvalue weighted by Gasteiger charge is -2.04. The van der Waals surface area contributed by atoms with Crippen molar-refractivity contribution in [2.75, 3.05) is 5.32 Å². The summed E-state index contributed by atoms with van der Waals surface area (Å²) in [5.74, 6) is -0.472. The number of nitro groups is 1. The molecule has 0 aliphatic heterocycles. The highest BCUT2D eigenvalue weighted by Gasteiger charge is 2.16. The Labute approximate surface area is 134 Å². The number of nitro benzene ring substituents is 1. The summed E-state index contributed by atoms with van der Waals surface area (Å²) in [5.41, 5.74) is -0.0980. The molecule has 1 heterocycles. The van der Waals surface area contributed by atoms with Crippen molar-refractivity contribution in [3.63, 3.8) is 0 Å². The largest absolute Gasteiger partial charge is 0.313 e. The Hall–Kier alpha value is -2.44. The van der Waals surface area contributed by atoms with E-state index in [4.69, 9.17) is 11.6 Å². The Bertz CT molecular complexity index is 858. The number of nitrogens with one attached hydrogen (secondary N) is 1. The van der Waals surface area contributed by atoms with Gasteiger partial charge in [0, 0.05) is 16.8 Å². The summed E-state index contributed by atoms with van der Waals surface area (Å²) in [6.07, 6.45) is 0. The summed E-state index contributed by atoms with van der Waals surface area (Å²) in [6.45, 7) is 0. The minimum absolute atomic E-state index is 0.0772. The molecule has 0 atom stereocenters. The molecule has 0 saturated heterocycles. The number of benzene rings is 2. The number of carbonyl (C=O) groups is 1. The first-order valence-corrected chi connectivity index (χ1v) is 7.48. The SMILES string of the molecule is O=C(Nc1cc2ccccc2s1)c1cc([N+](=O)[O-])ccc1Cl. The molecule has 22 heavy (non-hydrogen) atoms. The number of hydrogen-bond acceptors (Lipinski definition) is 4. The van der Waals surface area contributed by atoms with Crippen LogP contribution in [0.2, 0.25) is 5.02 Å². The Morgan fingerprint density at radius 2 is 1.95 bits per heavy atom. The van der Waals surface area contributed by atoms with Gasteiger partial charge in [-0.05, 0) is 23.6 Å². The van der Waals surface area contributed by atoms with E-state index in [0.717, 1.165) is 10.1 Å². The highest BCUT2D eigenvalue weighted by Crippen LogP contribution is 2.30. The van der Waals surface area contributed by atoms with Gasteiger partial charge in [-0.3, -0.25) is 14.9 Å². The van der Waals surface area contributed by atoms with E-state index in [2.05, 4.69) is 5.32 Å². The van der Waals surface area contributed by atoms with Gasteiger partial charge in [-0.25, -0.2) is 0 Å². The minimum atomic E-state index is -0.563. The fourth-order valence-corrected chi connectivity index (χ4v) is 3.18. The second-order valence-corrected chi connectivity index (χ2v) is 6.01. The molecule has 0 unspecified atom stereocenters. The van der Waals surface area contributed by atoms with E-state index >= 15 is 0 Å². The van der Waals surface area contributed by atoms with E-state index in [1.54, 1.807) is 0 Å². The molecule has 1 aromatic heterocycles. The molecule has 7 heteroatoms. The van der Waals surface area contributed by atoms with Crippen molar-refractivity contribution in [3.8, 4) is 0 Å². The smallest absolute Gasteiger partial charge is 0.270 e. The fraction of sp³-hybridized carbons (Fsp3) is 0. The number of rotatable bonds is 3. The number of fused-ring (bicyclic) bond motifs is 1. The molecule has 0 bridgehead atoms. The lowest BCUT2D eigenvalue weighted by atomic mass is 10.2. The van der Waals surface area contributed by atoms with Crippen LogP contribution < -0.4 is 5.32 Å². The summed E-state index contributed by atoms with van der Waals surface area (Å²) < 4.78 is 1.04. The molecule has 1 N–H and O–H groups in total. The maximum atomic E-state index is 12.3. The average molecular weight is 333 g/mol. The molecule has 0 fully saturated rings. The number of thiophene rings is 1. The minimum Gasteiger partial charge on any atom is -0.313 e. The van der Waals surface area contributed by atoms with Gasteiger partial charge in [0.15, 0.2) is 0 Å². The third kappa shape index (κ3) is 2.79. The van der Waals surface area contributed by atoms with Crippen molar-refractivity contribution in [2.45, 2.75) is 0 Å². The predicted octanol–water partition coefficient (Wildman–Crippen LogP) is 4.72. The van der Waals surface area contributed by atoms with Crippen LogP contribution in [-0.2, 0) is 0 Å². The van der Waals surface area contributed by atoms with Gasteiger partial charge < -0.3 is 5.32 Å². The van der Waals surface area contributed by atoms with E-state index in [1.807, 2.05) is 30.3 Å². The van der Waals surface area contributed by atoms with E-state index < -0.39 is 10.8 Å². The summed E-state index contributed by atoms with van der Waals surface area (Å²) in [4.78, 5) is 22.5. The van der Waals surface area contributed by atoms with Crippen molar-refractivity contribution >= 4 is 49.6 Å². The van der Waals surface area contributed by atoms with Gasteiger partial charge in [-0.1, -0.05) is 29.8 Å². The molecule has 0 aliphatic carbocycles. The first-order valence-electron chi connectivity index (χ1n) is 6.28. The molecule has 0 aliphatic rings. The van der Waals surface area contributed by atoms with Crippen LogP contribution in [0, 0.1) is 10.1 Å². The number of hydrogen-bond donors (Lipinski definition) is 1. The van der Waals surface area contributed by atoms with Crippen molar-refractivity contribution in [3.05, 3.63) is 69.2 Å². The number of nitrogens with zero attached hydrogens (tertiary/aromatic N) is 1. The summed E-state index contributed by atoms with van der Waals surface area (Å²) in [7, 11) is 0. The second-order valence-electron chi connectivity index (χ2n) is 4.52. The molecule has 0 spiro atoms. The molecule has 3 rings (SSSR count). The van der Waals surface area contributed by atoms with Gasteiger partial charge in [0.25, 0.3) is 11.6 Å². The van der Waals surface area contributed by atoms with E-state index in [-0.39, 0.29) is 16.3 Å². The summed E-state index contributed by atoms with van der Waals surface area (Å²) in [5, 5.41) is 15.4. The normalized spacial score (nSPS) is 10.6. The van der Waals surface area contributed by atoms with Gasteiger partial charge in [0.1, 0.15) is 0 Å². The van der Waals surface area contributed by atoms with Gasteiger partial charge in [0.05, 0.1) is 20.5 Å². The predicted molar refractivity (Wildman–Crippen MR) is 87.9 cm³/mol. The van der Waals surface area contributed by atoms with Crippen LogP contribution in [0.5, 0.6) is 0 Å². The van der Waals surface area contributed by atoms with Gasteiger partial charge in [-0.15, -0.1) is 11.3 Å². The third-order valence-corrected chi connectivity index (χ3v) is 4.43. The maximum absolute atomic E-state index is 12.3. The van der Waals surface area contributed by atoms with Crippen LogP contribution in [0.25, 0.3) is 10.1 Å². The highest BCUT2D eigenvalue weighted by atomic mass is 35.5. The highest BCUT2D eigenvalue weighted by molar-refractivity contribution is 7.23. The van der Waals surface area contributed by atoms with E-state index in [0.29, 0.717) is 5.00 Å². The molecule has 2 aromatic carbocycles. The lowest BCUT2D eigenvalue weighted by Crippen LogP contribution is -2.11. The summed E-state index contributed by atoms with van der Waals surface area (Å²) in [6, 6.07) is 13.4. The maximum Gasteiger partial charge on any atom is 0.270 e. The number of carbonyl (C=O) groups excluding carboxylic acids is 1. The molecule has 3 aromatic rings. The van der Waals surface area contributed by atoms with Crippen LogP contribution in [0.15, 0.2) is 48.5 Å². The number of amides is 1. The van der Waals surface area contributed by atoms with Gasteiger partial charge in [-0.2, -0.15) is 0 Å². The lowest BCUT2D eigenvalue weighted by molar-refractivity contribution is -0.384. The number of anilines is 1.